The van der Waals surface area contributed by atoms with E-state index in [0.717, 1.165) is 0 Å². The molecule has 0 aromatic heterocycles. The second kappa shape index (κ2) is 6.28. The Morgan fingerprint density at radius 3 is 1.84 bits per heavy atom. The molecule has 0 aliphatic rings. The summed E-state index contributed by atoms with van der Waals surface area (Å²) in [5.74, 6) is -0.748. The molecule has 0 aromatic carbocycles. The molecule has 0 amide bonds. The zero-order chi connectivity index (χ0) is 15.4. The summed E-state index contributed by atoms with van der Waals surface area (Å²) in [4.78, 5) is 34.7. The largest absolute Gasteiger partial charge is 0.460 e. The van der Waals surface area contributed by atoms with Gasteiger partial charge in [-0.3, -0.25) is 19.7 Å². The first-order chi connectivity index (χ1) is 8.35. The van der Waals surface area contributed by atoms with E-state index in [4.69, 9.17) is 4.74 Å². The van der Waals surface area contributed by atoms with E-state index in [1.807, 2.05) is 0 Å². The zero-order valence-electron chi connectivity index (χ0n) is 12.9. The molecular formula is C14H25NO4. The Balaban J connectivity index is 4.74. The van der Waals surface area contributed by atoms with Crippen molar-refractivity contribution in [3.05, 3.63) is 0 Å². The molecule has 110 valence electrons. The fourth-order valence-corrected chi connectivity index (χ4v) is 1.38. The molecule has 1 atom stereocenters. The second-order valence-corrected chi connectivity index (χ2v) is 6.28. The summed E-state index contributed by atoms with van der Waals surface area (Å²) in [5, 5.41) is 2.91. The number of hydrogen-bond acceptors (Lipinski definition) is 5. The maximum Gasteiger partial charge on any atom is 0.308 e. The van der Waals surface area contributed by atoms with Gasteiger partial charge in [0.1, 0.15) is 17.2 Å². The first-order valence-electron chi connectivity index (χ1n) is 6.36. The SMILES string of the molecule is CC(=O)[C@H](CC(=O)OC(C)(C)C)NC(C)(C)C(C)=O. The average molecular weight is 271 g/mol. The van der Waals surface area contributed by atoms with Crippen LogP contribution in [-0.4, -0.2) is 34.7 Å². The van der Waals surface area contributed by atoms with E-state index in [0.29, 0.717) is 0 Å². The van der Waals surface area contributed by atoms with Gasteiger partial charge in [0.2, 0.25) is 0 Å². The summed E-state index contributed by atoms with van der Waals surface area (Å²) in [6.45, 7) is 11.5. The topological polar surface area (TPSA) is 72.5 Å². The third-order valence-electron chi connectivity index (χ3n) is 2.70. The number of hydrogen-bond donors (Lipinski definition) is 1. The van der Waals surface area contributed by atoms with Gasteiger partial charge in [-0.15, -0.1) is 0 Å². The molecule has 0 spiro atoms. The van der Waals surface area contributed by atoms with Crippen LogP contribution < -0.4 is 5.32 Å². The standard InChI is InChI=1S/C14H25NO4/c1-9(16)11(15-14(6,7)10(2)17)8-12(18)19-13(3,4)5/h11,15H,8H2,1-7H3/t11-/m0/s1. The van der Waals surface area contributed by atoms with Gasteiger partial charge in [0.05, 0.1) is 18.0 Å². The van der Waals surface area contributed by atoms with Crippen molar-refractivity contribution in [2.45, 2.75) is 72.1 Å². The highest BCUT2D eigenvalue weighted by Gasteiger charge is 2.31. The van der Waals surface area contributed by atoms with Gasteiger partial charge >= 0.3 is 5.97 Å². The van der Waals surface area contributed by atoms with E-state index in [-0.39, 0.29) is 18.0 Å². The zero-order valence-corrected chi connectivity index (χ0v) is 12.9. The molecule has 0 saturated carbocycles. The normalized spacial score (nSPS) is 13.8. The molecule has 0 aliphatic carbocycles. The molecule has 0 radical (unpaired) electrons. The molecule has 0 heterocycles. The molecule has 5 heteroatoms. The lowest BCUT2D eigenvalue weighted by atomic mass is 9.97. The molecule has 0 fully saturated rings. The van der Waals surface area contributed by atoms with Crippen LogP contribution in [0.4, 0.5) is 0 Å². The highest BCUT2D eigenvalue weighted by molar-refractivity contribution is 5.89. The van der Waals surface area contributed by atoms with Crippen molar-refractivity contribution in [1.82, 2.24) is 5.32 Å². The third kappa shape index (κ3) is 7.06. The van der Waals surface area contributed by atoms with Gasteiger partial charge in [-0.05, 0) is 48.5 Å². The lowest BCUT2D eigenvalue weighted by Gasteiger charge is -2.29. The summed E-state index contributed by atoms with van der Waals surface area (Å²) in [6.07, 6.45) is -0.0800. The number of esters is 1. The van der Waals surface area contributed by atoms with Crippen LogP contribution in [0.15, 0.2) is 0 Å². The summed E-state index contributed by atoms with van der Waals surface area (Å²) in [5.41, 5.74) is -1.44. The number of ketones is 2. The smallest absolute Gasteiger partial charge is 0.308 e. The van der Waals surface area contributed by atoms with Crippen molar-refractivity contribution in [1.29, 1.82) is 0 Å². The molecule has 0 unspecified atom stereocenters. The van der Waals surface area contributed by atoms with E-state index in [1.165, 1.54) is 13.8 Å². The van der Waals surface area contributed by atoms with Crippen molar-refractivity contribution in [2.75, 3.05) is 0 Å². The summed E-state index contributed by atoms with van der Waals surface area (Å²) < 4.78 is 5.18. The van der Waals surface area contributed by atoms with Crippen LogP contribution in [0.3, 0.4) is 0 Å². The molecule has 1 N–H and O–H groups in total. The Labute approximate surface area is 115 Å². The monoisotopic (exact) mass is 271 g/mol. The minimum atomic E-state index is -0.849. The van der Waals surface area contributed by atoms with Crippen LogP contribution in [0, 0.1) is 0 Å². The third-order valence-corrected chi connectivity index (χ3v) is 2.70. The van der Waals surface area contributed by atoms with Crippen molar-refractivity contribution in [2.24, 2.45) is 0 Å². The van der Waals surface area contributed by atoms with E-state index in [9.17, 15) is 14.4 Å². The first-order valence-corrected chi connectivity index (χ1v) is 6.36. The highest BCUT2D eigenvalue weighted by atomic mass is 16.6. The maximum atomic E-state index is 11.7. The fourth-order valence-electron chi connectivity index (χ4n) is 1.38. The number of nitrogens with one attached hydrogen (secondary N) is 1. The maximum absolute atomic E-state index is 11.7. The van der Waals surface area contributed by atoms with Gasteiger partial charge in [0.15, 0.2) is 0 Å². The first kappa shape index (κ1) is 17.8. The molecule has 0 saturated heterocycles. The van der Waals surface area contributed by atoms with Crippen LogP contribution in [-0.2, 0) is 19.1 Å². The Hall–Kier alpha value is -1.23. The van der Waals surface area contributed by atoms with Gasteiger partial charge < -0.3 is 4.74 Å². The van der Waals surface area contributed by atoms with Gasteiger partial charge in [0, 0.05) is 0 Å². The molecule has 19 heavy (non-hydrogen) atoms. The van der Waals surface area contributed by atoms with Crippen molar-refractivity contribution in [3.8, 4) is 0 Å². The summed E-state index contributed by atoms with van der Waals surface area (Å²) >= 11 is 0. The highest BCUT2D eigenvalue weighted by Crippen LogP contribution is 2.12. The van der Waals surface area contributed by atoms with Gasteiger partial charge in [0.25, 0.3) is 0 Å². The Bertz CT molecular complexity index is 366. The Kier molecular flexibility index (Phi) is 5.87. The lowest BCUT2D eigenvalue weighted by molar-refractivity contribution is -0.156. The molecule has 0 aromatic rings. The minimum absolute atomic E-state index is 0.0800. The van der Waals surface area contributed by atoms with E-state index < -0.39 is 23.2 Å². The number of Topliss-reactive ketones (excluding diaryl/α,β-unsaturated/α-hetero) is 2. The van der Waals surface area contributed by atoms with E-state index in [1.54, 1.807) is 34.6 Å². The molecule has 0 aliphatic heterocycles. The van der Waals surface area contributed by atoms with Crippen LogP contribution in [0.25, 0.3) is 0 Å². The number of ether oxygens (including phenoxy) is 1. The molecule has 0 bridgehead atoms. The van der Waals surface area contributed by atoms with Gasteiger partial charge in [-0.2, -0.15) is 0 Å². The van der Waals surface area contributed by atoms with Gasteiger partial charge in [-0.1, -0.05) is 0 Å². The Morgan fingerprint density at radius 1 is 1.05 bits per heavy atom. The number of carbonyl (C=O) groups excluding carboxylic acids is 3. The molecule has 5 nitrogen and oxygen atoms in total. The van der Waals surface area contributed by atoms with Gasteiger partial charge in [-0.25, -0.2) is 0 Å². The summed E-state index contributed by atoms with van der Waals surface area (Å²) in [6, 6.07) is -0.714. The van der Waals surface area contributed by atoms with E-state index in [2.05, 4.69) is 5.32 Å². The van der Waals surface area contributed by atoms with Crippen LogP contribution >= 0.6 is 0 Å². The predicted octanol–water partition coefficient (Wildman–Crippen LogP) is 1.63. The fraction of sp³-hybridized carbons (Fsp3) is 0.786. The average Bonchev–Trinajstić information content (AvgIpc) is 2.12. The quantitative estimate of drug-likeness (QED) is 0.743. The van der Waals surface area contributed by atoms with Crippen LogP contribution in [0.2, 0.25) is 0 Å². The molecular weight excluding hydrogens is 246 g/mol. The number of carbonyl (C=O) groups is 3. The number of rotatable bonds is 6. The second-order valence-electron chi connectivity index (χ2n) is 6.28. The van der Waals surface area contributed by atoms with Crippen LogP contribution in [0.5, 0.6) is 0 Å². The van der Waals surface area contributed by atoms with Crippen molar-refractivity contribution < 1.29 is 19.1 Å². The van der Waals surface area contributed by atoms with E-state index >= 15 is 0 Å². The van der Waals surface area contributed by atoms with Crippen LogP contribution in [0.1, 0.15) is 54.9 Å². The lowest BCUT2D eigenvalue weighted by Crippen LogP contribution is -2.53. The van der Waals surface area contributed by atoms with Crippen molar-refractivity contribution >= 4 is 17.5 Å². The summed E-state index contributed by atoms with van der Waals surface area (Å²) in [7, 11) is 0. The minimum Gasteiger partial charge on any atom is -0.460 e. The van der Waals surface area contributed by atoms with Crippen molar-refractivity contribution in [3.63, 3.8) is 0 Å². The molecule has 0 rings (SSSR count). The predicted molar refractivity (Wildman–Crippen MR) is 72.8 cm³/mol. The Morgan fingerprint density at radius 2 is 1.53 bits per heavy atom.